The van der Waals surface area contributed by atoms with Crippen LogP contribution in [-0.2, 0) is 5.41 Å². The first-order valence-electron chi connectivity index (χ1n) is 19.3. The van der Waals surface area contributed by atoms with Gasteiger partial charge in [-0.1, -0.05) is 166 Å². The van der Waals surface area contributed by atoms with Crippen LogP contribution >= 0.6 is 0 Å². The highest BCUT2D eigenvalue weighted by Crippen LogP contribution is 2.54. The summed E-state index contributed by atoms with van der Waals surface area (Å²) in [6.45, 7) is 4.74. The van der Waals surface area contributed by atoms with E-state index < -0.39 is 0 Å². The normalized spacial score (nSPS) is 13.0. The summed E-state index contributed by atoms with van der Waals surface area (Å²) in [5.41, 5.74) is 16.1. The van der Waals surface area contributed by atoms with Crippen LogP contribution in [0.15, 0.2) is 188 Å². The van der Waals surface area contributed by atoms with Crippen LogP contribution in [0.2, 0.25) is 0 Å². The highest BCUT2D eigenvalue weighted by atomic mass is 15.0. The Morgan fingerprint density at radius 2 is 1.02 bits per heavy atom. The molecule has 2 aromatic heterocycles. The molecule has 1 aliphatic carbocycles. The van der Waals surface area contributed by atoms with Crippen LogP contribution in [0.25, 0.3) is 94.4 Å². The Morgan fingerprint density at radius 1 is 0.429 bits per heavy atom. The van der Waals surface area contributed by atoms with Crippen molar-refractivity contribution >= 4 is 32.6 Å². The standard InChI is InChI=1S/C53H37N3/c1-53(2)45-24-11-8-23-43(45)50-44(32-37-17-6-7-20-40(37)51(50)53)34-27-29-35(30-28-34)46-33-47(55-52(54-46)36-15-4-3-5-16-36)38-18-14-19-39(31-38)56-48-25-12-9-21-41(48)42-22-10-13-26-49(42)56/h3-33H,1-2H3. The molecule has 56 heavy (non-hydrogen) atoms. The number of hydrogen-bond donors (Lipinski definition) is 0. The van der Waals surface area contributed by atoms with Gasteiger partial charge < -0.3 is 4.57 Å². The lowest BCUT2D eigenvalue weighted by Gasteiger charge is -2.24. The zero-order chi connectivity index (χ0) is 37.4. The van der Waals surface area contributed by atoms with E-state index in [4.69, 9.17) is 9.97 Å². The smallest absolute Gasteiger partial charge is 0.160 e. The molecule has 0 saturated heterocycles. The van der Waals surface area contributed by atoms with Gasteiger partial charge in [0.2, 0.25) is 0 Å². The summed E-state index contributed by atoms with van der Waals surface area (Å²) in [5, 5.41) is 5.08. The molecule has 0 bridgehead atoms. The first-order valence-corrected chi connectivity index (χ1v) is 19.3. The van der Waals surface area contributed by atoms with Crippen molar-refractivity contribution in [2.75, 3.05) is 0 Å². The van der Waals surface area contributed by atoms with Gasteiger partial charge in [0, 0.05) is 38.6 Å². The fraction of sp³-hybridized carbons (Fsp3) is 0.0566. The second kappa shape index (κ2) is 12.5. The topological polar surface area (TPSA) is 30.7 Å². The van der Waals surface area contributed by atoms with Crippen molar-refractivity contribution in [2.45, 2.75) is 19.3 Å². The lowest BCUT2D eigenvalue weighted by Crippen LogP contribution is -2.15. The third-order valence-corrected chi connectivity index (χ3v) is 11.8. The van der Waals surface area contributed by atoms with Gasteiger partial charge in [0.05, 0.1) is 22.4 Å². The largest absolute Gasteiger partial charge is 0.309 e. The molecule has 0 amide bonds. The Bertz CT molecular complexity index is 3100. The van der Waals surface area contributed by atoms with Gasteiger partial charge in [-0.15, -0.1) is 0 Å². The van der Waals surface area contributed by atoms with Crippen molar-refractivity contribution in [1.82, 2.24) is 14.5 Å². The maximum absolute atomic E-state index is 5.19. The average Bonchev–Trinajstić information content (AvgIpc) is 3.72. The first-order chi connectivity index (χ1) is 27.5. The molecule has 1 aliphatic rings. The van der Waals surface area contributed by atoms with E-state index >= 15 is 0 Å². The number of benzene rings is 8. The fourth-order valence-electron chi connectivity index (χ4n) is 9.17. The molecule has 2 heterocycles. The number of rotatable bonds is 5. The second-order valence-electron chi connectivity index (χ2n) is 15.4. The maximum Gasteiger partial charge on any atom is 0.160 e. The summed E-state index contributed by atoms with van der Waals surface area (Å²) in [4.78, 5) is 10.4. The summed E-state index contributed by atoms with van der Waals surface area (Å²) in [5.74, 6) is 0.704. The van der Waals surface area contributed by atoms with Crippen LogP contribution in [-0.4, -0.2) is 14.5 Å². The van der Waals surface area contributed by atoms with Gasteiger partial charge in [-0.3, -0.25) is 0 Å². The van der Waals surface area contributed by atoms with E-state index in [1.54, 1.807) is 0 Å². The Morgan fingerprint density at radius 3 is 1.77 bits per heavy atom. The van der Waals surface area contributed by atoms with E-state index in [0.717, 1.165) is 33.8 Å². The Hall–Kier alpha value is -7.10. The van der Waals surface area contributed by atoms with Crippen molar-refractivity contribution in [1.29, 1.82) is 0 Å². The predicted octanol–water partition coefficient (Wildman–Crippen LogP) is 13.7. The molecule has 0 unspecified atom stereocenters. The van der Waals surface area contributed by atoms with Crippen molar-refractivity contribution in [2.24, 2.45) is 0 Å². The van der Waals surface area contributed by atoms with Crippen molar-refractivity contribution in [3.8, 4) is 61.8 Å². The number of nitrogens with zero attached hydrogens (tertiary/aromatic N) is 3. The van der Waals surface area contributed by atoms with Gasteiger partial charge in [0.1, 0.15) is 0 Å². The molecule has 0 fully saturated rings. The number of hydrogen-bond acceptors (Lipinski definition) is 2. The highest BCUT2D eigenvalue weighted by molar-refractivity contribution is 6.09. The summed E-state index contributed by atoms with van der Waals surface area (Å²) in [6, 6.07) is 67.5. The highest BCUT2D eigenvalue weighted by Gasteiger charge is 2.38. The molecule has 0 spiro atoms. The summed E-state index contributed by atoms with van der Waals surface area (Å²) in [7, 11) is 0. The van der Waals surface area contributed by atoms with Gasteiger partial charge >= 0.3 is 0 Å². The number of fused-ring (bicyclic) bond motifs is 8. The van der Waals surface area contributed by atoms with Crippen molar-refractivity contribution < 1.29 is 0 Å². The Balaban J connectivity index is 1.05. The van der Waals surface area contributed by atoms with Crippen LogP contribution < -0.4 is 0 Å². The monoisotopic (exact) mass is 715 g/mol. The number of para-hydroxylation sites is 2. The molecular weight excluding hydrogens is 679 g/mol. The molecule has 0 N–H and O–H groups in total. The average molecular weight is 716 g/mol. The zero-order valence-corrected chi connectivity index (χ0v) is 31.2. The van der Waals surface area contributed by atoms with E-state index in [2.05, 4.69) is 188 Å². The maximum atomic E-state index is 5.19. The van der Waals surface area contributed by atoms with Crippen LogP contribution in [0.3, 0.4) is 0 Å². The molecule has 11 rings (SSSR count). The third-order valence-electron chi connectivity index (χ3n) is 11.8. The fourth-order valence-corrected chi connectivity index (χ4v) is 9.17. The van der Waals surface area contributed by atoms with E-state index in [-0.39, 0.29) is 5.41 Å². The van der Waals surface area contributed by atoms with Crippen molar-refractivity contribution in [3.05, 3.63) is 199 Å². The molecule has 0 aliphatic heterocycles. The van der Waals surface area contributed by atoms with E-state index in [1.165, 1.54) is 66.0 Å². The molecule has 264 valence electrons. The van der Waals surface area contributed by atoms with Crippen LogP contribution in [0.4, 0.5) is 0 Å². The minimum atomic E-state index is -0.106. The second-order valence-corrected chi connectivity index (χ2v) is 15.4. The Kier molecular flexibility index (Phi) is 7.20. The minimum Gasteiger partial charge on any atom is -0.309 e. The lowest BCUT2D eigenvalue weighted by molar-refractivity contribution is 0.666. The summed E-state index contributed by atoms with van der Waals surface area (Å²) in [6.07, 6.45) is 0. The van der Waals surface area contributed by atoms with Gasteiger partial charge in [-0.2, -0.15) is 0 Å². The Labute approximate surface area is 326 Å². The molecule has 3 nitrogen and oxygen atoms in total. The molecule has 10 aromatic rings. The van der Waals surface area contributed by atoms with Crippen LogP contribution in [0.5, 0.6) is 0 Å². The quantitative estimate of drug-likeness (QED) is 0.178. The van der Waals surface area contributed by atoms with E-state index in [1.807, 2.05) is 18.2 Å². The minimum absolute atomic E-state index is 0.106. The van der Waals surface area contributed by atoms with Gasteiger partial charge in [-0.25, -0.2) is 9.97 Å². The zero-order valence-electron chi connectivity index (χ0n) is 31.2. The number of aromatic nitrogens is 3. The van der Waals surface area contributed by atoms with E-state index in [0.29, 0.717) is 5.82 Å². The molecule has 0 radical (unpaired) electrons. The van der Waals surface area contributed by atoms with E-state index in [9.17, 15) is 0 Å². The SMILES string of the molecule is CC1(C)c2ccccc2-c2c(-c3ccc(-c4cc(-c5cccc(-n6c7ccccc7c7ccccc76)c5)nc(-c5ccccc5)n4)cc3)cc3ccccc3c21. The molecule has 3 heteroatoms. The molecular formula is C53H37N3. The van der Waals surface area contributed by atoms with Crippen LogP contribution in [0, 0.1) is 0 Å². The molecule has 8 aromatic carbocycles. The van der Waals surface area contributed by atoms with Crippen molar-refractivity contribution in [3.63, 3.8) is 0 Å². The van der Waals surface area contributed by atoms with Crippen LogP contribution in [0.1, 0.15) is 25.0 Å². The van der Waals surface area contributed by atoms with Gasteiger partial charge in [0.25, 0.3) is 0 Å². The predicted molar refractivity (Wildman–Crippen MR) is 233 cm³/mol. The lowest BCUT2D eigenvalue weighted by atomic mass is 9.79. The van der Waals surface area contributed by atoms with Gasteiger partial charge in [-0.05, 0) is 80.6 Å². The first kappa shape index (κ1) is 32.3. The van der Waals surface area contributed by atoms with Gasteiger partial charge in [0.15, 0.2) is 5.82 Å². The summed E-state index contributed by atoms with van der Waals surface area (Å²) < 4.78 is 2.36. The summed E-state index contributed by atoms with van der Waals surface area (Å²) >= 11 is 0. The third kappa shape index (κ3) is 4.98. The molecule has 0 saturated carbocycles. The molecule has 0 atom stereocenters.